The van der Waals surface area contributed by atoms with Crippen molar-refractivity contribution in [3.63, 3.8) is 0 Å². The van der Waals surface area contributed by atoms with Crippen molar-refractivity contribution >= 4 is 23.2 Å². The standard InChI is InChI=1S/C12H15Cl2N3/c13-11-1-12(14)16-4-10(11)7-17-5-8-2-15-3-9(8)6-17/h1,4,8-9,15H,2-3,5-7H2. The van der Waals surface area contributed by atoms with E-state index in [-0.39, 0.29) is 0 Å². The third kappa shape index (κ3) is 2.43. The second-order valence-electron chi connectivity index (χ2n) is 4.97. The van der Waals surface area contributed by atoms with Gasteiger partial charge in [0.15, 0.2) is 0 Å². The Kier molecular flexibility index (Phi) is 3.26. The summed E-state index contributed by atoms with van der Waals surface area (Å²) in [7, 11) is 0. The summed E-state index contributed by atoms with van der Waals surface area (Å²) in [5.41, 5.74) is 1.07. The van der Waals surface area contributed by atoms with Crippen molar-refractivity contribution in [2.24, 2.45) is 11.8 Å². The van der Waals surface area contributed by atoms with E-state index >= 15 is 0 Å². The molecule has 3 heterocycles. The van der Waals surface area contributed by atoms with Crippen molar-refractivity contribution in [3.05, 3.63) is 28.0 Å². The highest BCUT2D eigenvalue weighted by Gasteiger charge is 2.35. The first-order chi connectivity index (χ1) is 8.22. The summed E-state index contributed by atoms with van der Waals surface area (Å²) in [6, 6.07) is 1.72. The van der Waals surface area contributed by atoms with Crippen LogP contribution < -0.4 is 5.32 Å². The molecule has 0 spiro atoms. The van der Waals surface area contributed by atoms with Crippen LogP contribution in [0, 0.1) is 11.8 Å². The highest BCUT2D eigenvalue weighted by Crippen LogP contribution is 2.29. The summed E-state index contributed by atoms with van der Waals surface area (Å²) in [5, 5.41) is 4.63. The first kappa shape index (κ1) is 11.7. The topological polar surface area (TPSA) is 28.2 Å². The molecule has 2 aliphatic rings. The zero-order valence-electron chi connectivity index (χ0n) is 9.50. The minimum Gasteiger partial charge on any atom is -0.316 e. The fourth-order valence-electron chi connectivity index (χ4n) is 2.87. The van der Waals surface area contributed by atoms with Gasteiger partial charge in [0.1, 0.15) is 5.15 Å². The number of rotatable bonds is 2. The summed E-state index contributed by atoms with van der Waals surface area (Å²) < 4.78 is 0. The fourth-order valence-corrected chi connectivity index (χ4v) is 3.30. The third-order valence-electron chi connectivity index (χ3n) is 3.76. The van der Waals surface area contributed by atoms with Gasteiger partial charge in [-0.05, 0) is 31.0 Å². The van der Waals surface area contributed by atoms with Crippen LogP contribution in [0.25, 0.3) is 0 Å². The fraction of sp³-hybridized carbons (Fsp3) is 0.583. The van der Waals surface area contributed by atoms with Crippen LogP contribution in [0.1, 0.15) is 5.56 Å². The summed E-state index contributed by atoms with van der Waals surface area (Å²) in [5.74, 6) is 1.63. The molecule has 2 unspecified atom stereocenters. The molecule has 1 aromatic rings. The van der Waals surface area contributed by atoms with Crippen LogP contribution in [0.3, 0.4) is 0 Å². The minimum absolute atomic E-state index is 0.459. The number of pyridine rings is 1. The first-order valence-corrected chi connectivity index (χ1v) is 6.71. The molecular weight excluding hydrogens is 257 g/mol. The number of nitrogens with one attached hydrogen (secondary N) is 1. The molecule has 2 saturated heterocycles. The summed E-state index contributed by atoms with van der Waals surface area (Å²) in [6.07, 6.45) is 1.79. The van der Waals surface area contributed by atoms with Gasteiger partial charge >= 0.3 is 0 Å². The van der Waals surface area contributed by atoms with Gasteiger partial charge in [-0.25, -0.2) is 4.98 Å². The molecule has 0 aromatic carbocycles. The molecule has 0 aliphatic carbocycles. The van der Waals surface area contributed by atoms with Gasteiger partial charge in [0.05, 0.1) is 0 Å². The van der Waals surface area contributed by atoms with Gasteiger partial charge in [-0.3, -0.25) is 4.90 Å². The van der Waals surface area contributed by atoms with Crippen LogP contribution in [0.5, 0.6) is 0 Å². The smallest absolute Gasteiger partial charge is 0.130 e. The molecule has 2 aliphatic heterocycles. The van der Waals surface area contributed by atoms with E-state index in [4.69, 9.17) is 23.2 Å². The van der Waals surface area contributed by atoms with Crippen LogP contribution in [0.4, 0.5) is 0 Å². The van der Waals surface area contributed by atoms with Crippen LogP contribution in [-0.4, -0.2) is 36.1 Å². The van der Waals surface area contributed by atoms with E-state index in [1.165, 1.54) is 0 Å². The minimum atomic E-state index is 0.459. The zero-order chi connectivity index (χ0) is 11.8. The van der Waals surface area contributed by atoms with E-state index in [0.717, 1.165) is 55.1 Å². The lowest BCUT2D eigenvalue weighted by atomic mass is 10.0. The summed E-state index contributed by atoms with van der Waals surface area (Å²) in [6.45, 7) is 5.53. The lowest BCUT2D eigenvalue weighted by molar-refractivity contribution is 0.305. The SMILES string of the molecule is Clc1cc(Cl)c(CN2CC3CNCC3C2)cn1. The molecule has 0 amide bonds. The van der Waals surface area contributed by atoms with Gasteiger partial charge in [0, 0.05) is 36.4 Å². The lowest BCUT2D eigenvalue weighted by Gasteiger charge is -2.17. The van der Waals surface area contributed by atoms with Crippen LogP contribution in [0.2, 0.25) is 10.2 Å². The van der Waals surface area contributed by atoms with Crippen molar-refractivity contribution < 1.29 is 0 Å². The highest BCUT2D eigenvalue weighted by atomic mass is 35.5. The molecular formula is C12H15Cl2N3. The largest absolute Gasteiger partial charge is 0.316 e. The Morgan fingerprint density at radius 3 is 2.65 bits per heavy atom. The normalized spacial score (nSPS) is 28.6. The predicted molar refractivity (Wildman–Crippen MR) is 69.4 cm³/mol. The molecule has 5 heteroatoms. The van der Waals surface area contributed by atoms with E-state index in [1.54, 1.807) is 12.3 Å². The first-order valence-electron chi connectivity index (χ1n) is 5.95. The molecule has 1 aromatic heterocycles. The highest BCUT2D eigenvalue weighted by molar-refractivity contribution is 6.34. The van der Waals surface area contributed by atoms with Gasteiger partial charge in [-0.1, -0.05) is 23.2 Å². The number of halogens is 2. The van der Waals surface area contributed by atoms with Crippen LogP contribution in [-0.2, 0) is 6.54 Å². The molecule has 2 atom stereocenters. The molecule has 0 saturated carbocycles. The predicted octanol–water partition coefficient (Wildman–Crippen LogP) is 2.04. The monoisotopic (exact) mass is 271 g/mol. The molecule has 0 bridgehead atoms. The summed E-state index contributed by atoms with van der Waals surface area (Å²) in [4.78, 5) is 6.56. The molecule has 17 heavy (non-hydrogen) atoms. The molecule has 3 rings (SSSR count). The van der Waals surface area contributed by atoms with Gasteiger partial charge < -0.3 is 5.32 Å². The number of nitrogens with zero attached hydrogens (tertiary/aromatic N) is 2. The van der Waals surface area contributed by atoms with Crippen molar-refractivity contribution in [2.45, 2.75) is 6.54 Å². The number of likely N-dealkylation sites (tertiary alicyclic amines) is 1. The number of fused-ring (bicyclic) bond motifs is 1. The van der Waals surface area contributed by atoms with E-state index in [1.807, 2.05) is 0 Å². The maximum Gasteiger partial charge on any atom is 0.130 e. The summed E-state index contributed by atoms with van der Waals surface area (Å²) >= 11 is 12.0. The Morgan fingerprint density at radius 2 is 2.00 bits per heavy atom. The zero-order valence-corrected chi connectivity index (χ0v) is 11.0. The Morgan fingerprint density at radius 1 is 1.29 bits per heavy atom. The van der Waals surface area contributed by atoms with E-state index in [2.05, 4.69) is 15.2 Å². The Bertz CT molecular complexity index is 412. The molecule has 92 valence electrons. The van der Waals surface area contributed by atoms with E-state index in [9.17, 15) is 0 Å². The maximum atomic E-state index is 6.17. The molecule has 1 N–H and O–H groups in total. The van der Waals surface area contributed by atoms with Crippen LogP contribution in [0.15, 0.2) is 12.3 Å². The Hall–Kier alpha value is -0.350. The Labute approximate surface area is 111 Å². The maximum absolute atomic E-state index is 6.17. The average Bonchev–Trinajstić information content (AvgIpc) is 2.82. The second-order valence-corrected chi connectivity index (χ2v) is 5.77. The lowest BCUT2D eigenvalue weighted by Crippen LogP contribution is -2.25. The van der Waals surface area contributed by atoms with Crippen LogP contribution >= 0.6 is 23.2 Å². The van der Waals surface area contributed by atoms with Gasteiger partial charge in [0.25, 0.3) is 0 Å². The quantitative estimate of drug-likeness (QED) is 0.835. The molecule has 0 radical (unpaired) electrons. The number of aromatic nitrogens is 1. The molecule has 3 nitrogen and oxygen atoms in total. The van der Waals surface area contributed by atoms with E-state index in [0.29, 0.717) is 5.15 Å². The number of hydrogen-bond acceptors (Lipinski definition) is 3. The molecule has 2 fully saturated rings. The third-order valence-corrected chi connectivity index (χ3v) is 4.31. The van der Waals surface area contributed by atoms with Crippen molar-refractivity contribution in [1.29, 1.82) is 0 Å². The Balaban J connectivity index is 1.67. The number of hydrogen-bond donors (Lipinski definition) is 1. The second kappa shape index (κ2) is 4.73. The van der Waals surface area contributed by atoms with Gasteiger partial charge in [-0.15, -0.1) is 0 Å². The average molecular weight is 272 g/mol. The van der Waals surface area contributed by atoms with E-state index < -0.39 is 0 Å². The van der Waals surface area contributed by atoms with Gasteiger partial charge in [-0.2, -0.15) is 0 Å². The van der Waals surface area contributed by atoms with Gasteiger partial charge in [0.2, 0.25) is 0 Å². The van der Waals surface area contributed by atoms with Crippen molar-refractivity contribution in [2.75, 3.05) is 26.2 Å². The van der Waals surface area contributed by atoms with Crippen molar-refractivity contribution in [3.8, 4) is 0 Å². The van der Waals surface area contributed by atoms with Crippen molar-refractivity contribution in [1.82, 2.24) is 15.2 Å².